The number of nitrogens with one attached hydrogen (secondary N) is 1. The fourth-order valence-corrected chi connectivity index (χ4v) is 6.06. The smallest absolute Gasteiger partial charge is 0.284 e. The lowest BCUT2D eigenvalue weighted by atomic mass is 9.87. The van der Waals surface area contributed by atoms with Gasteiger partial charge in [-0.25, -0.2) is 13.8 Å². The number of amides is 1. The summed E-state index contributed by atoms with van der Waals surface area (Å²) >= 11 is 1.17. The van der Waals surface area contributed by atoms with Crippen LogP contribution in [0, 0.1) is 5.92 Å². The maximum absolute atomic E-state index is 13.7. The van der Waals surface area contributed by atoms with Gasteiger partial charge in [-0.15, -0.1) is 0 Å². The third-order valence-corrected chi connectivity index (χ3v) is 8.09. The molecule has 1 saturated carbocycles. The number of hydrogen-bond acceptors (Lipinski definition) is 7. The molecule has 2 saturated heterocycles. The molecule has 1 N–H and O–H groups in total. The van der Waals surface area contributed by atoms with Crippen molar-refractivity contribution in [2.45, 2.75) is 63.6 Å². The van der Waals surface area contributed by atoms with Crippen LogP contribution in [0.3, 0.4) is 0 Å². The summed E-state index contributed by atoms with van der Waals surface area (Å²) in [5.41, 5.74) is 0.246. The van der Waals surface area contributed by atoms with Gasteiger partial charge < -0.3 is 15.0 Å². The average molecular weight is 489 g/mol. The number of nitrogens with zero attached hydrogens (tertiary/aromatic N) is 5. The Hall–Kier alpha value is -2.66. The highest BCUT2D eigenvalue weighted by Crippen LogP contribution is 2.36. The van der Waals surface area contributed by atoms with Crippen molar-refractivity contribution in [2.24, 2.45) is 5.92 Å². The van der Waals surface area contributed by atoms with E-state index >= 15 is 0 Å². The highest BCUT2D eigenvalue weighted by Gasteiger charge is 2.39. The van der Waals surface area contributed by atoms with Gasteiger partial charge in [-0.05, 0) is 61.7 Å². The molecular weight excluding hydrogens is 462 g/mol. The van der Waals surface area contributed by atoms with Crippen molar-refractivity contribution in [3.05, 3.63) is 29.7 Å². The van der Waals surface area contributed by atoms with Gasteiger partial charge in [0.2, 0.25) is 0 Å². The quantitative estimate of drug-likeness (QED) is 0.555. The van der Waals surface area contributed by atoms with Crippen LogP contribution in [-0.4, -0.2) is 50.3 Å². The fraction of sp³-hybridized carbons (Fsp3) is 0.565. The van der Waals surface area contributed by atoms with Crippen LogP contribution in [-0.2, 0) is 4.74 Å². The maximum Gasteiger partial charge on any atom is 0.284 e. The third-order valence-electron chi connectivity index (χ3n) is 7.29. The molecular formula is C23H26F2N6O2S. The van der Waals surface area contributed by atoms with E-state index in [4.69, 9.17) is 9.72 Å². The van der Waals surface area contributed by atoms with E-state index in [0.717, 1.165) is 49.2 Å². The number of halogens is 2. The number of hydrogen-bond donors (Lipinski definition) is 1. The van der Waals surface area contributed by atoms with Crippen LogP contribution in [0.2, 0.25) is 0 Å². The average Bonchev–Trinajstić information content (AvgIpc) is 3.61. The second-order valence-electron chi connectivity index (χ2n) is 9.62. The number of fused-ring (bicyclic) bond motifs is 3. The maximum atomic E-state index is 13.7. The first-order chi connectivity index (χ1) is 16.5. The van der Waals surface area contributed by atoms with Crippen molar-refractivity contribution in [1.29, 1.82) is 0 Å². The lowest BCUT2D eigenvalue weighted by molar-refractivity contribution is 0.0988. The Labute approximate surface area is 199 Å². The SMILES string of the molecule is CC1CCC(n2cc(NC(=O)c3nsc4ccc(N5C[C@H]6C[C@@H]5CO6)nc34)c(C(F)F)n2)CC1. The number of carbonyl (C=O) groups is 1. The molecule has 3 aliphatic rings. The zero-order valence-corrected chi connectivity index (χ0v) is 19.6. The van der Waals surface area contributed by atoms with E-state index in [1.807, 2.05) is 12.1 Å². The van der Waals surface area contributed by atoms with Crippen molar-refractivity contribution in [3.63, 3.8) is 0 Å². The number of rotatable bonds is 5. The molecule has 34 heavy (non-hydrogen) atoms. The molecule has 180 valence electrons. The van der Waals surface area contributed by atoms with Crippen LogP contribution in [0.1, 0.15) is 67.7 Å². The number of carbonyl (C=O) groups excluding carboxylic acids is 1. The van der Waals surface area contributed by atoms with E-state index in [9.17, 15) is 13.6 Å². The van der Waals surface area contributed by atoms with Gasteiger partial charge in [-0.1, -0.05) is 6.92 Å². The largest absolute Gasteiger partial charge is 0.374 e. The first-order valence-electron chi connectivity index (χ1n) is 11.8. The topological polar surface area (TPSA) is 85.2 Å². The Morgan fingerprint density at radius 1 is 1.24 bits per heavy atom. The fourth-order valence-electron chi connectivity index (χ4n) is 5.35. The molecule has 3 aromatic rings. The van der Waals surface area contributed by atoms with Crippen molar-refractivity contribution in [1.82, 2.24) is 19.1 Å². The number of alkyl halides is 2. The molecule has 0 radical (unpaired) electrons. The Morgan fingerprint density at radius 2 is 2.06 bits per heavy atom. The van der Waals surface area contributed by atoms with Crippen LogP contribution >= 0.6 is 11.5 Å². The predicted molar refractivity (Wildman–Crippen MR) is 125 cm³/mol. The number of morpholine rings is 1. The molecule has 2 bridgehead atoms. The van der Waals surface area contributed by atoms with Crippen molar-refractivity contribution < 1.29 is 18.3 Å². The summed E-state index contributed by atoms with van der Waals surface area (Å²) in [7, 11) is 0. The molecule has 3 aromatic heterocycles. The van der Waals surface area contributed by atoms with Gasteiger partial charge in [-0.2, -0.15) is 9.47 Å². The third kappa shape index (κ3) is 3.84. The van der Waals surface area contributed by atoms with Crippen LogP contribution in [0.5, 0.6) is 0 Å². The zero-order chi connectivity index (χ0) is 23.4. The van der Waals surface area contributed by atoms with E-state index < -0.39 is 18.0 Å². The molecule has 11 heteroatoms. The number of pyridine rings is 1. The van der Waals surface area contributed by atoms with Crippen LogP contribution in [0.4, 0.5) is 20.3 Å². The number of ether oxygens (including phenoxy) is 1. The Kier molecular flexibility index (Phi) is 5.48. The van der Waals surface area contributed by atoms with Gasteiger partial charge in [-0.3, -0.25) is 9.48 Å². The molecule has 2 atom stereocenters. The summed E-state index contributed by atoms with van der Waals surface area (Å²) in [4.78, 5) is 20.1. The first-order valence-corrected chi connectivity index (χ1v) is 12.6. The molecule has 8 nitrogen and oxygen atoms in total. The van der Waals surface area contributed by atoms with Crippen molar-refractivity contribution in [2.75, 3.05) is 23.4 Å². The molecule has 1 aliphatic carbocycles. The first kappa shape index (κ1) is 21.8. The lowest BCUT2D eigenvalue weighted by Crippen LogP contribution is -2.37. The second kappa shape index (κ2) is 8.53. The van der Waals surface area contributed by atoms with Crippen molar-refractivity contribution in [3.8, 4) is 0 Å². The van der Waals surface area contributed by atoms with Gasteiger partial charge >= 0.3 is 0 Å². The summed E-state index contributed by atoms with van der Waals surface area (Å²) in [6.45, 7) is 3.66. The second-order valence-corrected chi connectivity index (χ2v) is 10.4. The van der Waals surface area contributed by atoms with Crippen molar-refractivity contribution >= 4 is 39.2 Å². The van der Waals surface area contributed by atoms with E-state index in [1.54, 1.807) is 4.68 Å². The molecule has 2 aliphatic heterocycles. The molecule has 1 amide bonds. The normalized spacial score (nSPS) is 26.6. The minimum absolute atomic E-state index is 0.0323. The minimum Gasteiger partial charge on any atom is -0.374 e. The molecule has 0 spiro atoms. The van der Waals surface area contributed by atoms with E-state index in [1.165, 1.54) is 17.7 Å². The van der Waals surface area contributed by atoms with Gasteiger partial charge in [0.15, 0.2) is 11.4 Å². The molecule has 0 aromatic carbocycles. The van der Waals surface area contributed by atoms with Gasteiger partial charge in [0, 0.05) is 12.7 Å². The van der Waals surface area contributed by atoms with E-state index in [-0.39, 0.29) is 23.5 Å². The van der Waals surface area contributed by atoms with E-state index in [2.05, 4.69) is 26.6 Å². The van der Waals surface area contributed by atoms with Gasteiger partial charge in [0.05, 0.1) is 35.2 Å². The summed E-state index contributed by atoms with van der Waals surface area (Å²) in [5, 5.41) is 6.78. The predicted octanol–water partition coefficient (Wildman–Crippen LogP) is 4.81. The summed E-state index contributed by atoms with van der Waals surface area (Å²) in [6, 6.07) is 4.21. The van der Waals surface area contributed by atoms with Crippen LogP contribution in [0.25, 0.3) is 10.2 Å². The Bertz CT molecular complexity index is 1220. The monoisotopic (exact) mass is 488 g/mol. The molecule has 0 unspecified atom stereocenters. The Morgan fingerprint density at radius 3 is 2.76 bits per heavy atom. The molecule has 3 fully saturated rings. The summed E-state index contributed by atoms with van der Waals surface area (Å²) in [5.74, 6) is 0.866. The highest BCUT2D eigenvalue weighted by atomic mass is 32.1. The zero-order valence-electron chi connectivity index (χ0n) is 18.8. The van der Waals surface area contributed by atoms with Gasteiger partial charge in [0.1, 0.15) is 11.3 Å². The number of aromatic nitrogens is 4. The van der Waals surface area contributed by atoms with Crippen LogP contribution in [0.15, 0.2) is 18.3 Å². The number of anilines is 2. The lowest BCUT2D eigenvalue weighted by Gasteiger charge is -2.27. The van der Waals surface area contributed by atoms with E-state index in [0.29, 0.717) is 24.1 Å². The molecule has 5 heterocycles. The molecule has 6 rings (SSSR count). The Balaban J connectivity index is 1.26. The summed E-state index contributed by atoms with van der Waals surface area (Å²) < 4.78 is 39.8. The van der Waals surface area contributed by atoms with Crippen LogP contribution < -0.4 is 10.2 Å². The minimum atomic E-state index is -2.79. The highest BCUT2D eigenvalue weighted by molar-refractivity contribution is 7.13. The standard InChI is InChI=1S/C23H26F2N6O2S/c1-12-2-4-13(5-3-12)31-10-16(19(28-31)22(24)25)26-23(32)21-20-17(34-29-21)6-7-18(27-20)30-9-15-8-14(30)11-33-15/h6-7,10,12-15,22H,2-5,8-9,11H2,1H3,(H,26,32)/t12?,13?,14-,15-/m1/s1. The van der Waals surface area contributed by atoms with Gasteiger partial charge in [0.25, 0.3) is 12.3 Å². The summed E-state index contributed by atoms with van der Waals surface area (Å²) in [6.07, 6.45) is 3.83.